The van der Waals surface area contributed by atoms with Gasteiger partial charge in [-0.1, -0.05) is 97.1 Å². The zero-order valence-corrected chi connectivity index (χ0v) is 15.4. The molecule has 0 spiro atoms. The molecule has 0 atom stereocenters. The molecular formula is C26H20N2. The Balaban J connectivity index is 1.90. The maximum absolute atomic E-state index is 4.39. The summed E-state index contributed by atoms with van der Waals surface area (Å²) in [6.07, 6.45) is 5.81. The Kier molecular flexibility index (Phi) is 4.02. The second-order valence-corrected chi connectivity index (χ2v) is 6.97. The first-order valence-electron chi connectivity index (χ1n) is 9.48. The van der Waals surface area contributed by atoms with Gasteiger partial charge in [0, 0.05) is 12.4 Å². The molecule has 1 heterocycles. The number of hydrogen-bond donors (Lipinski definition) is 0. The van der Waals surface area contributed by atoms with Crippen molar-refractivity contribution in [2.75, 3.05) is 0 Å². The van der Waals surface area contributed by atoms with E-state index >= 15 is 0 Å². The first-order valence-corrected chi connectivity index (χ1v) is 9.48. The van der Waals surface area contributed by atoms with Crippen molar-refractivity contribution in [3.8, 4) is 0 Å². The Morgan fingerprint density at radius 1 is 0.571 bits per heavy atom. The van der Waals surface area contributed by atoms with Gasteiger partial charge in [-0.15, -0.1) is 0 Å². The van der Waals surface area contributed by atoms with E-state index in [1.54, 1.807) is 0 Å². The van der Waals surface area contributed by atoms with Crippen LogP contribution in [0.5, 0.6) is 0 Å². The maximum atomic E-state index is 4.39. The Bertz CT molecular complexity index is 1150. The molecule has 2 nitrogen and oxygen atoms in total. The minimum atomic E-state index is -0.497. The minimum absolute atomic E-state index is 0.497. The third kappa shape index (κ3) is 2.54. The lowest BCUT2D eigenvalue weighted by molar-refractivity contribution is 0.515. The van der Waals surface area contributed by atoms with Crippen LogP contribution in [0.25, 0.3) is 10.8 Å². The normalized spacial score (nSPS) is 11.6. The van der Waals surface area contributed by atoms with Crippen molar-refractivity contribution in [2.45, 2.75) is 5.54 Å². The van der Waals surface area contributed by atoms with Gasteiger partial charge in [-0.25, -0.2) is 4.98 Å². The molecular weight excluding hydrogens is 340 g/mol. The summed E-state index contributed by atoms with van der Waals surface area (Å²) < 4.78 is 2.21. The molecule has 0 aliphatic carbocycles. The second kappa shape index (κ2) is 6.82. The monoisotopic (exact) mass is 360 g/mol. The van der Waals surface area contributed by atoms with E-state index in [1.165, 1.54) is 27.5 Å². The van der Waals surface area contributed by atoms with Crippen LogP contribution in [-0.2, 0) is 5.54 Å². The number of rotatable bonds is 4. The molecule has 0 saturated heterocycles. The van der Waals surface area contributed by atoms with Gasteiger partial charge in [0.05, 0.1) is 6.33 Å². The Labute approximate surface area is 164 Å². The van der Waals surface area contributed by atoms with Gasteiger partial charge in [0.2, 0.25) is 0 Å². The zero-order chi connectivity index (χ0) is 18.8. The van der Waals surface area contributed by atoms with Crippen LogP contribution < -0.4 is 0 Å². The molecule has 0 radical (unpaired) electrons. The number of aromatic nitrogens is 2. The van der Waals surface area contributed by atoms with Crippen LogP contribution in [0.3, 0.4) is 0 Å². The topological polar surface area (TPSA) is 17.8 Å². The summed E-state index contributed by atoms with van der Waals surface area (Å²) in [5, 5.41) is 2.48. The highest BCUT2D eigenvalue weighted by molar-refractivity contribution is 5.83. The molecule has 2 heteroatoms. The maximum Gasteiger partial charge on any atom is 0.121 e. The quantitative estimate of drug-likeness (QED) is 0.366. The minimum Gasteiger partial charge on any atom is -0.319 e. The van der Waals surface area contributed by atoms with Crippen LogP contribution in [0.15, 0.2) is 122 Å². The van der Waals surface area contributed by atoms with Crippen LogP contribution >= 0.6 is 0 Å². The Hall–Kier alpha value is -3.65. The van der Waals surface area contributed by atoms with E-state index < -0.39 is 5.54 Å². The van der Waals surface area contributed by atoms with Gasteiger partial charge < -0.3 is 4.57 Å². The Morgan fingerprint density at radius 2 is 1.18 bits per heavy atom. The van der Waals surface area contributed by atoms with Crippen molar-refractivity contribution in [3.05, 3.63) is 139 Å². The third-order valence-corrected chi connectivity index (χ3v) is 5.44. The summed E-state index contributed by atoms with van der Waals surface area (Å²) in [5.74, 6) is 0. The molecule has 5 rings (SSSR count). The van der Waals surface area contributed by atoms with Gasteiger partial charge >= 0.3 is 0 Å². The molecule has 0 bridgehead atoms. The van der Waals surface area contributed by atoms with Gasteiger partial charge in [0.15, 0.2) is 0 Å². The second-order valence-electron chi connectivity index (χ2n) is 6.97. The molecule has 5 aromatic rings. The summed E-state index contributed by atoms with van der Waals surface area (Å²) in [6, 6.07) is 36.6. The summed E-state index contributed by atoms with van der Waals surface area (Å²) in [4.78, 5) is 4.39. The molecule has 134 valence electrons. The smallest absolute Gasteiger partial charge is 0.121 e. The SMILES string of the molecule is c1ccc(C(c2ccccc2)(c2ccc3ccccc3c2)n2ccnc2)cc1. The van der Waals surface area contributed by atoms with Crippen molar-refractivity contribution in [2.24, 2.45) is 0 Å². The summed E-state index contributed by atoms with van der Waals surface area (Å²) in [6.45, 7) is 0. The van der Waals surface area contributed by atoms with Crippen LogP contribution in [0.4, 0.5) is 0 Å². The predicted octanol–water partition coefficient (Wildman–Crippen LogP) is 5.88. The highest BCUT2D eigenvalue weighted by atomic mass is 15.1. The fourth-order valence-corrected chi connectivity index (χ4v) is 4.18. The van der Waals surface area contributed by atoms with Crippen molar-refractivity contribution in [1.29, 1.82) is 0 Å². The van der Waals surface area contributed by atoms with Gasteiger partial charge in [-0.2, -0.15) is 0 Å². The van der Waals surface area contributed by atoms with Gasteiger partial charge in [0.25, 0.3) is 0 Å². The number of hydrogen-bond acceptors (Lipinski definition) is 1. The first kappa shape index (κ1) is 16.5. The molecule has 1 aromatic heterocycles. The largest absolute Gasteiger partial charge is 0.319 e. The lowest BCUT2D eigenvalue weighted by Crippen LogP contribution is -2.36. The molecule has 0 unspecified atom stereocenters. The van der Waals surface area contributed by atoms with E-state index in [0.717, 1.165) is 0 Å². The van der Waals surface area contributed by atoms with Crippen LogP contribution in [0, 0.1) is 0 Å². The van der Waals surface area contributed by atoms with E-state index in [9.17, 15) is 0 Å². The van der Waals surface area contributed by atoms with E-state index in [0.29, 0.717) is 0 Å². The standard InChI is InChI=1S/C26H20N2/c1-3-11-23(12-4-1)26(28-18-17-27-20-28,24-13-5-2-6-14-24)25-16-15-21-9-7-8-10-22(21)19-25/h1-20H. The van der Waals surface area contributed by atoms with Crippen LogP contribution in [-0.4, -0.2) is 9.55 Å². The zero-order valence-electron chi connectivity index (χ0n) is 15.4. The number of nitrogens with zero attached hydrogens (tertiary/aromatic N) is 2. The highest BCUT2D eigenvalue weighted by Crippen LogP contribution is 2.41. The number of fused-ring (bicyclic) bond motifs is 1. The first-order chi connectivity index (χ1) is 13.9. The average Bonchev–Trinajstić information content (AvgIpc) is 3.31. The number of benzene rings is 4. The fraction of sp³-hybridized carbons (Fsp3) is 0.0385. The van der Waals surface area contributed by atoms with E-state index in [-0.39, 0.29) is 0 Å². The third-order valence-electron chi connectivity index (χ3n) is 5.44. The molecule has 0 aliphatic heterocycles. The highest BCUT2D eigenvalue weighted by Gasteiger charge is 2.38. The van der Waals surface area contributed by atoms with E-state index in [1.807, 2.05) is 12.5 Å². The average molecular weight is 360 g/mol. The van der Waals surface area contributed by atoms with Crippen LogP contribution in [0.1, 0.15) is 16.7 Å². The van der Waals surface area contributed by atoms with Gasteiger partial charge in [-0.3, -0.25) is 0 Å². The van der Waals surface area contributed by atoms with Crippen molar-refractivity contribution in [3.63, 3.8) is 0 Å². The van der Waals surface area contributed by atoms with Gasteiger partial charge in [0.1, 0.15) is 5.54 Å². The van der Waals surface area contributed by atoms with Crippen molar-refractivity contribution in [1.82, 2.24) is 9.55 Å². The van der Waals surface area contributed by atoms with Crippen LogP contribution in [0.2, 0.25) is 0 Å². The molecule has 28 heavy (non-hydrogen) atoms. The predicted molar refractivity (Wildman–Crippen MR) is 114 cm³/mol. The molecule has 0 amide bonds. The summed E-state index contributed by atoms with van der Waals surface area (Å²) in [5.41, 5.74) is 3.12. The fourth-order valence-electron chi connectivity index (χ4n) is 4.18. The molecule has 0 N–H and O–H groups in total. The summed E-state index contributed by atoms with van der Waals surface area (Å²) in [7, 11) is 0. The van der Waals surface area contributed by atoms with Crippen molar-refractivity contribution >= 4 is 10.8 Å². The summed E-state index contributed by atoms with van der Waals surface area (Å²) >= 11 is 0. The molecule has 0 fully saturated rings. The van der Waals surface area contributed by atoms with Gasteiger partial charge in [-0.05, 0) is 33.5 Å². The lowest BCUT2D eigenvalue weighted by atomic mass is 9.76. The number of imidazole rings is 1. The van der Waals surface area contributed by atoms with Crippen molar-refractivity contribution < 1.29 is 0 Å². The lowest BCUT2D eigenvalue weighted by Gasteiger charge is -2.37. The molecule has 0 saturated carbocycles. The molecule has 4 aromatic carbocycles. The van der Waals surface area contributed by atoms with E-state index in [4.69, 9.17) is 0 Å². The van der Waals surface area contributed by atoms with E-state index in [2.05, 4.69) is 119 Å². The molecule has 0 aliphatic rings. The Morgan fingerprint density at radius 3 is 1.79 bits per heavy atom.